The molecule has 0 unspecified atom stereocenters. The van der Waals surface area contributed by atoms with Gasteiger partial charge in [0.15, 0.2) is 0 Å². The average molecular weight is 393 g/mol. The average Bonchev–Trinajstić information content (AvgIpc) is 2.35. The van der Waals surface area contributed by atoms with E-state index in [1.165, 1.54) is 16.4 Å². The summed E-state index contributed by atoms with van der Waals surface area (Å²) in [6, 6.07) is 3.79. The van der Waals surface area contributed by atoms with Crippen LogP contribution in [-0.4, -0.2) is 30.7 Å². The molecule has 0 radical (unpaired) electrons. The summed E-state index contributed by atoms with van der Waals surface area (Å²) in [7, 11) is -3.77. The molecule has 22 heavy (non-hydrogen) atoms. The molecule has 0 atom stereocenters. The first kappa shape index (κ1) is 19.1. The molecular formula is C14H21BrN2O4S. The van der Waals surface area contributed by atoms with Crippen molar-refractivity contribution < 1.29 is 13.3 Å². The van der Waals surface area contributed by atoms with Crippen LogP contribution < -0.4 is 0 Å². The number of nitro groups is 1. The third-order valence-corrected chi connectivity index (χ3v) is 5.11. The van der Waals surface area contributed by atoms with Crippen molar-refractivity contribution in [2.75, 3.05) is 13.1 Å². The summed E-state index contributed by atoms with van der Waals surface area (Å²) in [6.45, 7) is 8.50. The van der Waals surface area contributed by atoms with Gasteiger partial charge in [-0.15, -0.1) is 0 Å². The fourth-order valence-corrected chi connectivity index (χ4v) is 4.50. The number of non-ortho nitro benzene ring substituents is 1. The molecule has 124 valence electrons. The molecule has 0 aliphatic heterocycles. The molecule has 0 aliphatic rings. The van der Waals surface area contributed by atoms with Crippen molar-refractivity contribution in [1.82, 2.24) is 4.31 Å². The number of nitrogens with zero attached hydrogens (tertiary/aromatic N) is 2. The first-order chi connectivity index (χ1) is 10.0. The maximum absolute atomic E-state index is 12.8. The van der Waals surface area contributed by atoms with Crippen molar-refractivity contribution in [3.05, 3.63) is 32.8 Å². The molecule has 0 fully saturated rings. The van der Waals surface area contributed by atoms with Crippen LogP contribution >= 0.6 is 15.9 Å². The summed E-state index contributed by atoms with van der Waals surface area (Å²) in [5.41, 5.74) is -0.248. The molecule has 0 N–H and O–H groups in total. The van der Waals surface area contributed by atoms with Crippen molar-refractivity contribution in [2.24, 2.45) is 11.8 Å². The molecule has 0 aliphatic carbocycles. The quantitative estimate of drug-likeness (QED) is 0.523. The van der Waals surface area contributed by atoms with E-state index in [1.807, 2.05) is 27.7 Å². The topological polar surface area (TPSA) is 80.5 Å². The molecule has 0 aromatic heterocycles. The summed E-state index contributed by atoms with van der Waals surface area (Å²) in [6.07, 6.45) is 0. The number of sulfonamides is 1. The molecule has 0 saturated carbocycles. The van der Waals surface area contributed by atoms with Gasteiger partial charge in [-0.3, -0.25) is 10.1 Å². The smallest absolute Gasteiger partial charge is 0.258 e. The third kappa shape index (κ3) is 5.03. The number of nitro benzene ring substituents is 1. The van der Waals surface area contributed by atoms with E-state index in [0.29, 0.717) is 17.6 Å². The fraction of sp³-hybridized carbons (Fsp3) is 0.571. The molecule has 0 bridgehead atoms. The Bertz CT molecular complexity index is 634. The second kappa shape index (κ2) is 7.52. The van der Waals surface area contributed by atoms with E-state index in [2.05, 4.69) is 15.9 Å². The van der Waals surface area contributed by atoms with Crippen LogP contribution in [0.25, 0.3) is 0 Å². The van der Waals surface area contributed by atoms with E-state index in [9.17, 15) is 18.5 Å². The summed E-state index contributed by atoms with van der Waals surface area (Å²) in [5.74, 6) is 0.325. The zero-order valence-corrected chi connectivity index (χ0v) is 15.5. The van der Waals surface area contributed by atoms with Gasteiger partial charge < -0.3 is 0 Å². The highest BCUT2D eigenvalue weighted by Crippen LogP contribution is 2.27. The highest BCUT2D eigenvalue weighted by molar-refractivity contribution is 9.10. The lowest BCUT2D eigenvalue weighted by molar-refractivity contribution is -0.385. The van der Waals surface area contributed by atoms with Crippen molar-refractivity contribution in [2.45, 2.75) is 32.6 Å². The van der Waals surface area contributed by atoms with Gasteiger partial charge in [-0.05, 0) is 17.9 Å². The van der Waals surface area contributed by atoms with E-state index >= 15 is 0 Å². The fourth-order valence-electron chi connectivity index (χ4n) is 2.04. The lowest BCUT2D eigenvalue weighted by Crippen LogP contribution is -2.37. The molecule has 1 aromatic carbocycles. The predicted molar refractivity (Wildman–Crippen MR) is 89.2 cm³/mol. The Balaban J connectivity index is 3.32. The highest BCUT2D eigenvalue weighted by atomic mass is 79.9. The first-order valence-corrected chi connectivity index (χ1v) is 9.22. The highest BCUT2D eigenvalue weighted by Gasteiger charge is 2.27. The molecule has 0 amide bonds. The molecule has 1 aromatic rings. The summed E-state index contributed by atoms with van der Waals surface area (Å²) in [5, 5.41) is 10.9. The summed E-state index contributed by atoms with van der Waals surface area (Å²) in [4.78, 5) is 10.3. The molecule has 0 heterocycles. The number of hydrogen-bond acceptors (Lipinski definition) is 4. The Hall–Kier alpha value is -0.990. The van der Waals surface area contributed by atoms with Crippen molar-refractivity contribution in [1.29, 1.82) is 0 Å². The first-order valence-electron chi connectivity index (χ1n) is 6.99. The second-order valence-corrected chi connectivity index (χ2v) is 8.87. The SMILES string of the molecule is CC(C)CN(CC(C)C)S(=O)(=O)c1cc(Br)cc([N+](=O)[O-])c1. The largest absolute Gasteiger partial charge is 0.271 e. The Kier molecular flexibility index (Phi) is 6.51. The Morgan fingerprint density at radius 3 is 2.05 bits per heavy atom. The zero-order chi connectivity index (χ0) is 17.1. The van der Waals surface area contributed by atoms with E-state index in [0.717, 1.165) is 6.07 Å². The molecule has 8 heteroatoms. The maximum Gasteiger partial charge on any atom is 0.271 e. The number of halogens is 1. The molecule has 0 saturated heterocycles. The third-order valence-electron chi connectivity index (χ3n) is 2.84. The monoisotopic (exact) mass is 392 g/mol. The van der Waals surface area contributed by atoms with Crippen LogP contribution in [0, 0.1) is 22.0 Å². The number of rotatable bonds is 7. The summed E-state index contributed by atoms with van der Waals surface area (Å²) < 4.78 is 27.4. The van der Waals surface area contributed by atoms with Gasteiger partial charge in [0, 0.05) is 29.7 Å². The van der Waals surface area contributed by atoms with Crippen LogP contribution in [0.2, 0.25) is 0 Å². The minimum absolute atomic E-state index is 0.0603. The minimum atomic E-state index is -3.77. The maximum atomic E-state index is 12.8. The van der Waals surface area contributed by atoms with Crippen molar-refractivity contribution in [3.8, 4) is 0 Å². The molecule has 0 spiro atoms. The van der Waals surface area contributed by atoms with Gasteiger partial charge in [-0.2, -0.15) is 4.31 Å². The van der Waals surface area contributed by atoms with E-state index < -0.39 is 14.9 Å². The predicted octanol–water partition coefficient (Wildman–Crippen LogP) is 3.66. The zero-order valence-electron chi connectivity index (χ0n) is 13.1. The van der Waals surface area contributed by atoms with Gasteiger partial charge in [-0.25, -0.2) is 8.42 Å². The molecular weight excluding hydrogens is 372 g/mol. The number of benzene rings is 1. The standard InChI is InChI=1S/C14H21BrN2O4S/c1-10(2)8-16(9-11(3)4)22(20,21)14-6-12(15)5-13(7-14)17(18)19/h5-7,10-11H,8-9H2,1-4H3. The van der Waals surface area contributed by atoms with Gasteiger partial charge in [0.1, 0.15) is 0 Å². The van der Waals surface area contributed by atoms with Crippen LogP contribution in [0.1, 0.15) is 27.7 Å². The normalized spacial score (nSPS) is 12.4. The minimum Gasteiger partial charge on any atom is -0.258 e. The Morgan fingerprint density at radius 2 is 1.64 bits per heavy atom. The van der Waals surface area contributed by atoms with Crippen LogP contribution in [0.3, 0.4) is 0 Å². The van der Waals surface area contributed by atoms with Crippen LogP contribution in [0.4, 0.5) is 5.69 Å². The van der Waals surface area contributed by atoms with Gasteiger partial charge in [0.25, 0.3) is 5.69 Å². The van der Waals surface area contributed by atoms with Crippen molar-refractivity contribution in [3.63, 3.8) is 0 Å². The van der Waals surface area contributed by atoms with E-state index in [1.54, 1.807) is 0 Å². The number of hydrogen-bond donors (Lipinski definition) is 0. The second-order valence-electron chi connectivity index (χ2n) is 6.01. The van der Waals surface area contributed by atoms with Crippen LogP contribution in [-0.2, 0) is 10.0 Å². The lowest BCUT2D eigenvalue weighted by atomic mass is 10.2. The van der Waals surface area contributed by atoms with Gasteiger partial charge in [0.2, 0.25) is 10.0 Å². The van der Waals surface area contributed by atoms with Gasteiger partial charge >= 0.3 is 0 Å². The lowest BCUT2D eigenvalue weighted by Gasteiger charge is -2.25. The van der Waals surface area contributed by atoms with E-state index in [-0.39, 0.29) is 22.4 Å². The molecule has 6 nitrogen and oxygen atoms in total. The van der Waals surface area contributed by atoms with E-state index in [4.69, 9.17) is 0 Å². The van der Waals surface area contributed by atoms with Gasteiger partial charge in [-0.1, -0.05) is 43.6 Å². The Labute approximate surface area is 139 Å². The molecule has 1 rings (SSSR count). The van der Waals surface area contributed by atoms with Gasteiger partial charge in [0.05, 0.1) is 9.82 Å². The van der Waals surface area contributed by atoms with Crippen LogP contribution in [0.5, 0.6) is 0 Å². The van der Waals surface area contributed by atoms with Crippen LogP contribution in [0.15, 0.2) is 27.6 Å². The Morgan fingerprint density at radius 1 is 1.14 bits per heavy atom. The summed E-state index contributed by atoms with van der Waals surface area (Å²) >= 11 is 3.14. The van der Waals surface area contributed by atoms with Crippen molar-refractivity contribution >= 4 is 31.6 Å².